The number of H-pyrrole nitrogens is 1. The number of hydrogen-bond donors (Lipinski definition) is 3. The van der Waals surface area contributed by atoms with Crippen LogP contribution in [0.25, 0.3) is 10.9 Å². The maximum atomic E-state index is 12.7. The summed E-state index contributed by atoms with van der Waals surface area (Å²) in [5.41, 5.74) is 3.58. The van der Waals surface area contributed by atoms with Crippen molar-refractivity contribution >= 4 is 34.1 Å². The molecule has 25 heavy (non-hydrogen) atoms. The smallest absolute Gasteiger partial charge is 0.258 e. The predicted octanol–water partition coefficient (Wildman–Crippen LogP) is 3.70. The van der Waals surface area contributed by atoms with Crippen molar-refractivity contribution in [2.24, 2.45) is 0 Å². The number of fused-ring (bicyclic) bond motifs is 1. The zero-order chi connectivity index (χ0) is 18.0. The lowest BCUT2D eigenvalue weighted by Gasteiger charge is -2.08. The largest absolute Gasteiger partial charge is 0.497 e. The summed E-state index contributed by atoms with van der Waals surface area (Å²) in [7, 11) is 1.59. The molecule has 0 aliphatic heterocycles. The number of benzene rings is 2. The van der Waals surface area contributed by atoms with Gasteiger partial charge in [0.15, 0.2) is 0 Å². The summed E-state index contributed by atoms with van der Waals surface area (Å²) in [5.74, 6) is 0.352. The van der Waals surface area contributed by atoms with Gasteiger partial charge in [0.25, 0.3) is 5.91 Å². The highest BCUT2D eigenvalue weighted by atomic mass is 16.5. The third-order valence-electron chi connectivity index (χ3n) is 3.88. The summed E-state index contributed by atoms with van der Waals surface area (Å²) in [6, 6.07) is 12.5. The van der Waals surface area contributed by atoms with Crippen LogP contribution in [0.2, 0.25) is 0 Å². The first-order chi connectivity index (χ1) is 12.0. The number of hydrogen-bond acceptors (Lipinski definition) is 3. The number of aromatic nitrogens is 1. The number of rotatable bonds is 4. The molecule has 0 unspecified atom stereocenters. The van der Waals surface area contributed by atoms with Gasteiger partial charge < -0.3 is 20.4 Å². The quantitative estimate of drug-likeness (QED) is 0.679. The molecule has 0 bridgehead atoms. The molecule has 0 spiro atoms. The zero-order valence-electron chi connectivity index (χ0n) is 14.3. The van der Waals surface area contributed by atoms with Gasteiger partial charge in [0.1, 0.15) is 5.75 Å². The Labute approximate surface area is 145 Å². The van der Waals surface area contributed by atoms with Crippen molar-refractivity contribution in [3.05, 3.63) is 53.7 Å². The molecular weight excluding hydrogens is 318 g/mol. The molecule has 6 heteroatoms. The van der Waals surface area contributed by atoms with Gasteiger partial charge >= 0.3 is 0 Å². The van der Waals surface area contributed by atoms with Crippen molar-refractivity contribution in [1.82, 2.24) is 4.98 Å². The Hall–Kier alpha value is -3.28. The Kier molecular flexibility index (Phi) is 4.43. The molecule has 2 aromatic carbocycles. The Bertz CT molecular complexity index is 942. The van der Waals surface area contributed by atoms with E-state index >= 15 is 0 Å². The van der Waals surface area contributed by atoms with Crippen molar-refractivity contribution in [3.63, 3.8) is 0 Å². The SMILES string of the molecule is COc1ccc2[nH]c(C)c(C(=O)Nc3ccc(NC(C)=O)cc3)c2c1. The Morgan fingerprint density at radius 1 is 1.00 bits per heavy atom. The van der Waals surface area contributed by atoms with Crippen LogP contribution in [0.4, 0.5) is 11.4 Å². The third kappa shape index (κ3) is 3.47. The summed E-state index contributed by atoms with van der Waals surface area (Å²) >= 11 is 0. The van der Waals surface area contributed by atoms with Gasteiger partial charge in [-0.2, -0.15) is 0 Å². The van der Waals surface area contributed by atoms with E-state index in [1.807, 2.05) is 25.1 Å². The molecule has 128 valence electrons. The molecule has 0 atom stereocenters. The first-order valence-electron chi connectivity index (χ1n) is 7.83. The lowest BCUT2D eigenvalue weighted by atomic mass is 10.1. The molecule has 0 radical (unpaired) electrons. The van der Waals surface area contributed by atoms with Gasteiger partial charge in [-0.15, -0.1) is 0 Å². The van der Waals surface area contributed by atoms with Crippen molar-refractivity contribution in [2.45, 2.75) is 13.8 Å². The Morgan fingerprint density at radius 2 is 1.64 bits per heavy atom. The van der Waals surface area contributed by atoms with Gasteiger partial charge in [0, 0.05) is 34.9 Å². The summed E-state index contributed by atoms with van der Waals surface area (Å²) in [6.45, 7) is 3.31. The Balaban J connectivity index is 1.87. The van der Waals surface area contributed by atoms with Crippen molar-refractivity contribution < 1.29 is 14.3 Å². The fourth-order valence-electron chi connectivity index (χ4n) is 2.76. The van der Waals surface area contributed by atoms with Crippen LogP contribution >= 0.6 is 0 Å². The van der Waals surface area contributed by atoms with Crippen molar-refractivity contribution in [3.8, 4) is 5.75 Å². The van der Waals surface area contributed by atoms with E-state index in [0.29, 0.717) is 22.7 Å². The van der Waals surface area contributed by atoms with Gasteiger partial charge in [-0.3, -0.25) is 9.59 Å². The zero-order valence-corrected chi connectivity index (χ0v) is 14.3. The number of carbonyl (C=O) groups excluding carboxylic acids is 2. The second-order valence-corrected chi connectivity index (χ2v) is 5.75. The van der Waals surface area contributed by atoms with E-state index in [1.165, 1.54) is 6.92 Å². The lowest BCUT2D eigenvalue weighted by Crippen LogP contribution is -2.13. The van der Waals surface area contributed by atoms with Crippen LogP contribution in [-0.4, -0.2) is 23.9 Å². The monoisotopic (exact) mass is 337 g/mol. The molecule has 3 N–H and O–H groups in total. The number of amides is 2. The van der Waals surface area contributed by atoms with Crippen molar-refractivity contribution in [2.75, 3.05) is 17.7 Å². The number of aryl methyl sites for hydroxylation is 1. The number of carbonyl (C=O) groups is 2. The van der Waals surface area contributed by atoms with Gasteiger partial charge in [-0.05, 0) is 49.4 Å². The van der Waals surface area contributed by atoms with Crippen LogP contribution in [0.5, 0.6) is 5.75 Å². The first-order valence-corrected chi connectivity index (χ1v) is 7.83. The predicted molar refractivity (Wildman–Crippen MR) is 98.3 cm³/mol. The third-order valence-corrected chi connectivity index (χ3v) is 3.88. The second-order valence-electron chi connectivity index (χ2n) is 5.75. The highest BCUT2D eigenvalue weighted by Crippen LogP contribution is 2.27. The fraction of sp³-hybridized carbons (Fsp3) is 0.158. The topological polar surface area (TPSA) is 83.2 Å². The minimum atomic E-state index is -0.204. The number of nitrogens with one attached hydrogen (secondary N) is 3. The highest BCUT2D eigenvalue weighted by Gasteiger charge is 2.17. The summed E-state index contributed by atoms with van der Waals surface area (Å²) in [6.07, 6.45) is 0. The normalized spacial score (nSPS) is 10.5. The van der Waals surface area contributed by atoms with E-state index in [1.54, 1.807) is 31.4 Å². The average molecular weight is 337 g/mol. The molecule has 2 amide bonds. The van der Waals surface area contributed by atoms with Crippen LogP contribution in [0, 0.1) is 6.92 Å². The van der Waals surface area contributed by atoms with Crippen LogP contribution < -0.4 is 15.4 Å². The summed E-state index contributed by atoms with van der Waals surface area (Å²) in [4.78, 5) is 27.0. The molecule has 0 fully saturated rings. The van der Waals surface area contributed by atoms with Crippen LogP contribution in [0.1, 0.15) is 23.0 Å². The summed E-state index contributed by atoms with van der Waals surface area (Å²) in [5, 5.41) is 6.38. The lowest BCUT2D eigenvalue weighted by molar-refractivity contribution is -0.114. The van der Waals surface area contributed by atoms with Crippen LogP contribution in [0.3, 0.4) is 0 Å². The number of methoxy groups -OCH3 is 1. The van der Waals surface area contributed by atoms with E-state index in [-0.39, 0.29) is 11.8 Å². The van der Waals surface area contributed by atoms with E-state index in [4.69, 9.17) is 4.74 Å². The van der Waals surface area contributed by atoms with Gasteiger partial charge in [0.05, 0.1) is 12.7 Å². The molecular formula is C19H19N3O3. The van der Waals surface area contributed by atoms with E-state index in [9.17, 15) is 9.59 Å². The number of anilines is 2. The van der Waals surface area contributed by atoms with Gasteiger partial charge in [-0.1, -0.05) is 0 Å². The van der Waals surface area contributed by atoms with Gasteiger partial charge in [0.2, 0.25) is 5.91 Å². The van der Waals surface area contributed by atoms with Gasteiger partial charge in [-0.25, -0.2) is 0 Å². The molecule has 3 aromatic rings. The molecule has 0 aliphatic carbocycles. The molecule has 1 heterocycles. The van der Waals surface area contributed by atoms with E-state index < -0.39 is 0 Å². The Morgan fingerprint density at radius 3 is 2.24 bits per heavy atom. The highest BCUT2D eigenvalue weighted by molar-refractivity contribution is 6.14. The molecule has 0 aliphatic rings. The minimum absolute atomic E-state index is 0.139. The average Bonchev–Trinajstić information content (AvgIpc) is 2.91. The van der Waals surface area contributed by atoms with Crippen LogP contribution in [-0.2, 0) is 4.79 Å². The molecule has 1 aromatic heterocycles. The van der Waals surface area contributed by atoms with Crippen molar-refractivity contribution in [1.29, 1.82) is 0 Å². The fourth-order valence-corrected chi connectivity index (χ4v) is 2.76. The van der Waals surface area contributed by atoms with Crippen LogP contribution in [0.15, 0.2) is 42.5 Å². The molecule has 0 saturated heterocycles. The molecule has 0 saturated carbocycles. The number of ether oxygens (including phenoxy) is 1. The molecule has 3 rings (SSSR count). The maximum Gasteiger partial charge on any atom is 0.258 e. The molecule has 6 nitrogen and oxygen atoms in total. The minimum Gasteiger partial charge on any atom is -0.497 e. The second kappa shape index (κ2) is 6.68. The van der Waals surface area contributed by atoms with E-state index in [2.05, 4.69) is 15.6 Å². The summed E-state index contributed by atoms with van der Waals surface area (Å²) < 4.78 is 5.25. The standard InChI is InChI=1S/C19H19N3O3/c1-11-18(16-10-15(25-3)8-9-17(16)20-11)19(24)22-14-6-4-13(5-7-14)21-12(2)23/h4-10,20H,1-3H3,(H,21,23)(H,22,24). The first kappa shape index (κ1) is 16.6. The number of aromatic amines is 1. The van der Waals surface area contributed by atoms with E-state index in [0.717, 1.165) is 16.6 Å². The maximum absolute atomic E-state index is 12.7.